The van der Waals surface area contributed by atoms with Crippen LogP contribution in [-0.4, -0.2) is 25.2 Å². The van der Waals surface area contributed by atoms with E-state index in [0.717, 1.165) is 23.5 Å². The summed E-state index contributed by atoms with van der Waals surface area (Å²) in [5, 5.41) is 2.96. The molecule has 1 aromatic rings. The van der Waals surface area contributed by atoms with Crippen molar-refractivity contribution in [2.75, 3.05) is 7.11 Å². The van der Waals surface area contributed by atoms with Gasteiger partial charge in [-0.05, 0) is 26.0 Å². The SMILES string of the molecule is COc1cc2c(cc1C1CC(=O)NC1C)OC(C)C2. The molecule has 102 valence electrons. The van der Waals surface area contributed by atoms with E-state index in [1.54, 1.807) is 7.11 Å². The van der Waals surface area contributed by atoms with Gasteiger partial charge in [-0.15, -0.1) is 0 Å². The molecule has 3 atom stereocenters. The molecule has 4 heteroatoms. The van der Waals surface area contributed by atoms with E-state index in [1.165, 1.54) is 5.56 Å². The highest BCUT2D eigenvalue weighted by Gasteiger charge is 2.34. The molecular formula is C15H19NO3. The van der Waals surface area contributed by atoms with Crippen molar-refractivity contribution in [1.82, 2.24) is 5.32 Å². The number of methoxy groups -OCH3 is 1. The third-order valence-electron chi connectivity index (χ3n) is 4.05. The van der Waals surface area contributed by atoms with E-state index in [9.17, 15) is 4.79 Å². The summed E-state index contributed by atoms with van der Waals surface area (Å²) in [5.74, 6) is 2.07. The summed E-state index contributed by atoms with van der Waals surface area (Å²) >= 11 is 0. The number of hydrogen-bond donors (Lipinski definition) is 1. The first-order chi connectivity index (χ1) is 9.08. The second-order valence-corrected chi connectivity index (χ2v) is 5.50. The van der Waals surface area contributed by atoms with Crippen LogP contribution in [0.15, 0.2) is 12.1 Å². The number of ether oxygens (including phenoxy) is 2. The Balaban J connectivity index is 2.01. The van der Waals surface area contributed by atoms with Crippen molar-refractivity contribution in [2.45, 2.75) is 44.8 Å². The molecule has 0 saturated carbocycles. The number of amides is 1. The van der Waals surface area contributed by atoms with Crippen molar-refractivity contribution in [3.05, 3.63) is 23.3 Å². The second kappa shape index (κ2) is 4.44. The molecule has 3 unspecified atom stereocenters. The van der Waals surface area contributed by atoms with Crippen molar-refractivity contribution >= 4 is 5.91 Å². The Morgan fingerprint density at radius 1 is 1.32 bits per heavy atom. The average Bonchev–Trinajstić information content (AvgIpc) is 2.88. The Morgan fingerprint density at radius 2 is 2.11 bits per heavy atom. The zero-order valence-corrected chi connectivity index (χ0v) is 11.5. The van der Waals surface area contributed by atoms with Gasteiger partial charge in [0.25, 0.3) is 0 Å². The molecular weight excluding hydrogens is 242 g/mol. The van der Waals surface area contributed by atoms with Crippen LogP contribution in [0.3, 0.4) is 0 Å². The van der Waals surface area contributed by atoms with Crippen molar-refractivity contribution in [3.8, 4) is 11.5 Å². The first-order valence-electron chi connectivity index (χ1n) is 6.75. The Morgan fingerprint density at radius 3 is 2.74 bits per heavy atom. The topological polar surface area (TPSA) is 47.6 Å². The maximum absolute atomic E-state index is 11.5. The molecule has 0 aliphatic carbocycles. The van der Waals surface area contributed by atoms with Crippen molar-refractivity contribution in [2.24, 2.45) is 0 Å². The lowest BCUT2D eigenvalue weighted by molar-refractivity contribution is -0.119. The third kappa shape index (κ3) is 2.05. The molecule has 0 bridgehead atoms. The van der Waals surface area contributed by atoms with Crippen LogP contribution in [0, 0.1) is 0 Å². The van der Waals surface area contributed by atoms with Gasteiger partial charge in [-0.2, -0.15) is 0 Å². The maximum Gasteiger partial charge on any atom is 0.220 e. The van der Waals surface area contributed by atoms with Gasteiger partial charge in [0.05, 0.1) is 7.11 Å². The van der Waals surface area contributed by atoms with Crippen LogP contribution >= 0.6 is 0 Å². The van der Waals surface area contributed by atoms with E-state index < -0.39 is 0 Å². The number of hydrogen-bond acceptors (Lipinski definition) is 3. The summed E-state index contributed by atoms with van der Waals surface area (Å²) < 4.78 is 11.3. The van der Waals surface area contributed by atoms with Crippen LogP contribution in [0.25, 0.3) is 0 Å². The first-order valence-corrected chi connectivity index (χ1v) is 6.75. The van der Waals surface area contributed by atoms with Gasteiger partial charge >= 0.3 is 0 Å². The highest BCUT2D eigenvalue weighted by molar-refractivity contribution is 5.80. The Kier molecular flexibility index (Phi) is 2.88. The van der Waals surface area contributed by atoms with Crippen molar-refractivity contribution in [3.63, 3.8) is 0 Å². The second-order valence-electron chi connectivity index (χ2n) is 5.50. The summed E-state index contributed by atoms with van der Waals surface area (Å²) in [5.41, 5.74) is 2.26. The molecule has 1 saturated heterocycles. The molecule has 1 fully saturated rings. The molecule has 2 heterocycles. The lowest BCUT2D eigenvalue weighted by Gasteiger charge is -2.19. The smallest absolute Gasteiger partial charge is 0.220 e. The minimum atomic E-state index is 0.106. The van der Waals surface area contributed by atoms with E-state index >= 15 is 0 Å². The van der Waals surface area contributed by atoms with Gasteiger partial charge in [0.1, 0.15) is 17.6 Å². The van der Waals surface area contributed by atoms with Gasteiger partial charge < -0.3 is 14.8 Å². The van der Waals surface area contributed by atoms with E-state index in [1.807, 2.05) is 6.92 Å². The molecule has 1 amide bonds. The molecule has 2 aliphatic rings. The van der Waals surface area contributed by atoms with Gasteiger partial charge in [-0.1, -0.05) is 0 Å². The zero-order valence-electron chi connectivity index (χ0n) is 11.5. The largest absolute Gasteiger partial charge is 0.496 e. The molecule has 3 rings (SSSR count). The van der Waals surface area contributed by atoms with Crippen molar-refractivity contribution < 1.29 is 14.3 Å². The fourth-order valence-electron chi connectivity index (χ4n) is 3.09. The van der Waals surface area contributed by atoms with E-state index in [4.69, 9.17) is 9.47 Å². The van der Waals surface area contributed by atoms with Crippen LogP contribution in [-0.2, 0) is 11.2 Å². The van der Waals surface area contributed by atoms with Crippen LogP contribution in [0.5, 0.6) is 11.5 Å². The van der Waals surface area contributed by atoms with Crippen LogP contribution in [0.1, 0.15) is 37.3 Å². The molecule has 1 aromatic carbocycles. The molecule has 19 heavy (non-hydrogen) atoms. The van der Waals surface area contributed by atoms with Gasteiger partial charge in [0.2, 0.25) is 5.91 Å². The highest BCUT2D eigenvalue weighted by atomic mass is 16.5. The van der Waals surface area contributed by atoms with Crippen molar-refractivity contribution in [1.29, 1.82) is 0 Å². The summed E-state index contributed by atoms with van der Waals surface area (Å²) in [6.45, 7) is 4.10. The molecule has 1 N–H and O–H groups in total. The number of benzene rings is 1. The predicted octanol–water partition coefficient (Wildman–Crippen LogP) is 2.01. The van der Waals surface area contributed by atoms with Crippen LogP contribution in [0.4, 0.5) is 0 Å². The minimum absolute atomic E-state index is 0.106. The standard InChI is InChI=1S/C15H19NO3/c1-8-4-10-5-14(18-3)12(6-13(10)19-8)11-7-15(17)16-9(11)2/h5-6,8-9,11H,4,7H2,1-3H3,(H,16,17). The monoisotopic (exact) mass is 261 g/mol. The molecule has 2 aliphatic heterocycles. The van der Waals surface area contributed by atoms with Crippen LogP contribution in [0.2, 0.25) is 0 Å². The zero-order chi connectivity index (χ0) is 13.6. The minimum Gasteiger partial charge on any atom is -0.496 e. The highest BCUT2D eigenvalue weighted by Crippen LogP contribution is 2.41. The lowest BCUT2D eigenvalue weighted by atomic mass is 9.90. The van der Waals surface area contributed by atoms with Crippen LogP contribution < -0.4 is 14.8 Å². The summed E-state index contributed by atoms with van der Waals surface area (Å²) in [7, 11) is 1.68. The van der Waals surface area contributed by atoms with Gasteiger partial charge in [0, 0.05) is 35.9 Å². The molecule has 0 radical (unpaired) electrons. The molecule has 0 aromatic heterocycles. The Hall–Kier alpha value is -1.71. The fraction of sp³-hybridized carbons (Fsp3) is 0.533. The van der Waals surface area contributed by atoms with E-state index in [-0.39, 0.29) is 24.0 Å². The predicted molar refractivity (Wildman–Crippen MR) is 71.8 cm³/mol. The van der Waals surface area contributed by atoms with E-state index in [2.05, 4.69) is 24.4 Å². The van der Waals surface area contributed by atoms with Gasteiger partial charge in [-0.3, -0.25) is 4.79 Å². The number of nitrogens with one attached hydrogen (secondary N) is 1. The van der Waals surface area contributed by atoms with E-state index in [0.29, 0.717) is 6.42 Å². The summed E-state index contributed by atoms with van der Waals surface area (Å²) in [4.78, 5) is 11.5. The third-order valence-corrected chi connectivity index (χ3v) is 4.05. The quantitative estimate of drug-likeness (QED) is 0.886. The maximum atomic E-state index is 11.5. The number of rotatable bonds is 2. The first kappa shape index (κ1) is 12.3. The van der Waals surface area contributed by atoms with Gasteiger partial charge in [0.15, 0.2) is 0 Å². The molecule has 4 nitrogen and oxygen atoms in total. The fourth-order valence-corrected chi connectivity index (χ4v) is 3.09. The summed E-state index contributed by atoms with van der Waals surface area (Å²) in [6, 6.07) is 4.25. The average molecular weight is 261 g/mol. The lowest BCUT2D eigenvalue weighted by Crippen LogP contribution is -2.24. The number of carbonyl (C=O) groups is 1. The Bertz CT molecular complexity index is 526. The number of fused-ring (bicyclic) bond motifs is 1. The molecule has 0 spiro atoms. The Labute approximate surface area is 113 Å². The number of carbonyl (C=O) groups excluding carboxylic acids is 1. The summed E-state index contributed by atoms with van der Waals surface area (Å²) in [6.07, 6.45) is 1.66. The van der Waals surface area contributed by atoms with Gasteiger partial charge in [-0.25, -0.2) is 0 Å². The normalized spacial score (nSPS) is 28.8.